The maximum atomic E-state index is 2.74. The van der Waals surface area contributed by atoms with E-state index in [1.54, 1.807) is 0 Å². The molecule has 3 nitrogen and oxygen atoms in total. The number of likely N-dealkylation sites (N-methyl/N-ethyl adjacent to an activating group) is 1. The average molecular weight is 301 g/mol. The summed E-state index contributed by atoms with van der Waals surface area (Å²) in [6.07, 6.45) is 2.64. The van der Waals surface area contributed by atoms with Gasteiger partial charge in [0.1, 0.15) is 0 Å². The van der Waals surface area contributed by atoms with Crippen LogP contribution in [0.5, 0.6) is 0 Å². The van der Waals surface area contributed by atoms with Crippen LogP contribution >= 0.6 is 0 Å². The van der Waals surface area contributed by atoms with E-state index in [-0.39, 0.29) is 0 Å². The summed E-state index contributed by atoms with van der Waals surface area (Å²) >= 11 is 0. The molecule has 2 fully saturated rings. The lowest BCUT2D eigenvalue weighted by Gasteiger charge is -2.46. The van der Waals surface area contributed by atoms with Crippen LogP contribution in [-0.4, -0.2) is 66.6 Å². The zero-order chi connectivity index (χ0) is 15.5. The molecule has 122 valence electrons. The molecule has 1 aromatic rings. The van der Waals surface area contributed by atoms with Crippen molar-refractivity contribution < 1.29 is 0 Å². The van der Waals surface area contributed by atoms with Gasteiger partial charge in [-0.05, 0) is 39.3 Å². The van der Waals surface area contributed by atoms with Crippen molar-refractivity contribution in [1.29, 1.82) is 0 Å². The van der Waals surface area contributed by atoms with E-state index in [1.807, 2.05) is 0 Å². The van der Waals surface area contributed by atoms with Gasteiger partial charge in [0.05, 0.1) is 0 Å². The minimum Gasteiger partial charge on any atom is -0.304 e. The van der Waals surface area contributed by atoms with Crippen LogP contribution in [0, 0.1) is 0 Å². The molecule has 2 saturated heterocycles. The summed E-state index contributed by atoms with van der Waals surface area (Å²) in [5.41, 5.74) is 1.45. The molecular formula is C19H31N3. The first-order valence-corrected chi connectivity index (χ1v) is 8.88. The molecule has 0 aliphatic carbocycles. The van der Waals surface area contributed by atoms with Crippen LogP contribution in [0.2, 0.25) is 0 Å². The molecule has 0 radical (unpaired) electrons. The highest BCUT2D eigenvalue weighted by Crippen LogP contribution is 2.30. The van der Waals surface area contributed by atoms with Gasteiger partial charge in [0.25, 0.3) is 0 Å². The van der Waals surface area contributed by atoms with Gasteiger partial charge >= 0.3 is 0 Å². The van der Waals surface area contributed by atoms with E-state index in [0.717, 1.165) is 6.04 Å². The maximum absolute atomic E-state index is 2.74. The number of nitrogens with zero attached hydrogens (tertiary/aromatic N) is 3. The summed E-state index contributed by atoms with van der Waals surface area (Å²) in [5.74, 6) is 0. The quantitative estimate of drug-likeness (QED) is 0.850. The first-order valence-electron chi connectivity index (χ1n) is 8.88. The Hall–Kier alpha value is -0.900. The lowest BCUT2D eigenvalue weighted by atomic mass is 9.93. The number of benzene rings is 1. The van der Waals surface area contributed by atoms with Gasteiger partial charge in [0.15, 0.2) is 0 Å². The summed E-state index contributed by atoms with van der Waals surface area (Å²) in [7, 11) is 2.24. The Balaban J connectivity index is 1.58. The van der Waals surface area contributed by atoms with E-state index in [0.29, 0.717) is 12.1 Å². The highest BCUT2D eigenvalue weighted by molar-refractivity contribution is 5.18. The molecule has 2 aliphatic rings. The standard InChI is InChI=1S/C19H31N3/c1-16-15-19(21-13-11-20(3)12-14-21)9-10-22(16)17(2)18-7-5-4-6-8-18/h4-8,16-17,19H,9-15H2,1-3H3/t16-,17?,19?/m0/s1. The van der Waals surface area contributed by atoms with Gasteiger partial charge in [-0.25, -0.2) is 0 Å². The highest BCUT2D eigenvalue weighted by Gasteiger charge is 2.32. The monoisotopic (exact) mass is 301 g/mol. The van der Waals surface area contributed by atoms with Gasteiger partial charge in [-0.1, -0.05) is 30.3 Å². The van der Waals surface area contributed by atoms with E-state index in [9.17, 15) is 0 Å². The van der Waals surface area contributed by atoms with Crippen molar-refractivity contribution in [3.8, 4) is 0 Å². The van der Waals surface area contributed by atoms with Crippen molar-refractivity contribution in [2.75, 3.05) is 39.8 Å². The molecule has 0 bridgehead atoms. The van der Waals surface area contributed by atoms with E-state index in [4.69, 9.17) is 0 Å². The minimum atomic E-state index is 0.532. The number of hydrogen-bond acceptors (Lipinski definition) is 3. The zero-order valence-electron chi connectivity index (χ0n) is 14.4. The Labute approximate surface area is 135 Å². The summed E-state index contributed by atoms with van der Waals surface area (Å²) in [6.45, 7) is 11.0. The summed E-state index contributed by atoms with van der Waals surface area (Å²) in [5, 5.41) is 0. The van der Waals surface area contributed by atoms with Gasteiger partial charge in [-0.2, -0.15) is 0 Å². The van der Waals surface area contributed by atoms with Crippen LogP contribution in [-0.2, 0) is 0 Å². The van der Waals surface area contributed by atoms with Gasteiger partial charge < -0.3 is 4.90 Å². The normalized spacial score (nSPS) is 30.3. The lowest BCUT2D eigenvalue weighted by molar-refractivity contribution is 0.0288. The fourth-order valence-corrected chi connectivity index (χ4v) is 4.18. The molecule has 2 aliphatic heterocycles. The summed E-state index contributed by atoms with van der Waals surface area (Å²) < 4.78 is 0. The van der Waals surface area contributed by atoms with Gasteiger partial charge in [-0.3, -0.25) is 9.80 Å². The molecule has 3 rings (SSSR count). The maximum Gasteiger partial charge on any atom is 0.0322 e. The number of hydrogen-bond donors (Lipinski definition) is 0. The molecule has 0 aromatic heterocycles. The smallest absolute Gasteiger partial charge is 0.0322 e. The van der Waals surface area contributed by atoms with E-state index < -0.39 is 0 Å². The van der Waals surface area contributed by atoms with Gasteiger partial charge in [0, 0.05) is 50.8 Å². The molecule has 0 N–H and O–H groups in total. The zero-order valence-corrected chi connectivity index (χ0v) is 14.4. The van der Waals surface area contributed by atoms with Crippen LogP contribution in [0.3, 0.4) is 0 Å². The Morgan fingerprint density at radius 1 is 1.00 bits per heavy atom. The summed E-state index contributed by atoms with van der Waals surface area (Å²) in [6, 6.07) is 13.0. The fraction of sp³-hybridized carbons (Fsp3) is 0.684. The van der Waals surface area contributed by atoms with Crippen LogP contribution < -0.4 is 0 Å². The first-order chi connectivity index (χ1) is 10.6. The predicted octanol–water partition coefficient (Wildman–Crippen LogP) is 2.85. The second kappa shape index (κ2) is 7.12. The van der Waals surface area contributed by atoms with Crippen LogP contribution in [0.25, 0.3) is 0 Å². The third-order valence-corrected chi connectivity index (χ3v) is 5.73. The Kier molecular flexibility index (Phi) is 5.17. The topological polar surface area (TPSA) is 9.72 Å². The Morgan fingerprint density at radius 2 is 1.68 bits per heavy atom. The molecule has 2 unspecified atom stereocenters. The molecule has 3 atom stereocenters. The van der Waals surface area contributed by atoms with Gasteiger partial charge in [0.2, 0.25) is 0 Å². The fourth-order valence-electron chi connectivity index (χ4n) is 4.18. The number of rotatable bonds is 3. The van der Waals surface area contributed by atoms with Crippen molar-refractivity contribution in [3.63, 3.8) is 0 Å². The van der Waals surface area contributed by atoms with Crippen LogP contribution in [0.1, 0.15) is 38.3 Å². The molecule has 22 heavy (non-hydrogen) atoms. The number of piperazine rings is 1. The Morgan fingerprint density at radius 3 is 2.32 bits per heavy atom. The van der Waals surface area contributed by atoms with E-state index in [1.165, 1.54) is 51.1 Å². The second-order valence-electron chi connectivity index (χ2n) is 7.19. The highest BCUT2D eigenvalue weighted by atomic mass is 15.3. The number of likely N-dealkylation sites (tertiary alicyclic amines) is 1. The summed E-state index contributed by atoms with van der Waals surface area (Å²) in [4.78, 5) is 7.88. The van der Waals surface area contributed by atoms with Crippen LogP contribution in [0.4, 0.5) is 0 Å². The van der Waals surface area contributed by atoms with Crippen molar-refractivity contribution in [1.82, 2.24) is 14.7 Å². The van der Waals surface area contributed by atoms with Crippen molar-refractivity contribution in [2.24, 2.45) is 0 Å². The molecular weight excluding hydrogens is 270 g/mol. The SMILES string of the molecule is CC(c1ccccc1)N1CCC(N2CCN(C)CC2)C[C@@H]1C. The second-order valence-corrected chi connectivity index (χ2v) is 7.19. The van der Waals surface area contributed by atoms with Crippen molar-refractivity contribution >= 4 is 0 Å². The third-order valence-electron chi connectivity index (χ3n) is 5.73. The predicted molar refractivity (Wildman–Crippen MR) is 93.1 cm³/mol. The first kappa shape index (κ1) is 16.0. The molecule has 3 heteroatoms. The molecule has 1 aromatic carbocycles. The third kappa shape index (κ3) is 3.53. The van der Waals surface area contributed by atoms with E-state index >= 15 is 0 Å². The molecule has 0 saturated carbocycles. The molecule has 0 amide bonds. The van der Waals surface area contributed by atoms with Gasteiger partial charge in [-0.15, -0.1) is 0 Å². The minimum absolute atomic E-state index is 0.532. The van der Waals surface area contributed by atoms with Crippen molar-refractivity contribution in [3.05, 3.63) is 35.9 Å². The largest absolute Gasteiger partial charge is 0.304 e. The van der Waals surface area contributed by atoms with Crippen LogP contribution in [0.15, 0.2) is 30.3 Å². The lowest BCUT2D eigenvalue weighted by Crippen LogP contribution is -2.54. The average Bonchev–Trinajstić information content (AvgIpc) is 2.56. The molecule has 2 heterocycles. The number of piperidine rings is 1. The molecule has 0 spiro atoms. The van der Waals surface area contributed by atoms with Crippen molar-refractivity contribution in [2.45, 2.75) is 44.8 Å². The van der Waals surface area contributed by atoms with E-state index in [2.05, 4.69) is 65.9 Å². The Bertz CT molecular complexity index is 453.